The van der Waals surface area contributed by atoms with Crippen molar-refractivity contribution in [1.29, 1.82) is 0 Å². The summed E-state index contributed by atoms with van der Waals surface area (Å²) in [5.74, 6) is 0.666. The van der Waals surface area contributed by atoms with E-state index in [-0.39, 0.29) is 5.41 Å². The largest absolute Gasteiger partial charge is 0.309 e. The molecule has 0 amide bonds. The van der Waals surface area contributed by atoms with E-state index in [1.54, 1.807) is 0 Å². The van der Waals surface area contributed by atoms with Crippen LogP contribution in [0.1, 0.15) is 25.0 Å². The third-order valence-corrected chi connectivity index (χ3v) is 12.3. The third-order valence-electron chi connectivity index (χ3n) is 12.3. The predicted molar refractivity (Wildman–Crippen MR) is 237 cm³/mol. The van der Waals surface area contributed by atoms with Gasteiger partial charge < -0.3 is 4.57 Å². The van der Waals surface area contributed by atoms with Crippen molar-refractivity contribution >= 4 is 54.5 Å². The second-order valence-electron chi connectivity index (χ2n) is 15.8. The number of nitrogens with zero attached hydrogens (tertiary/aromatic N) is 4. The second-order valence-corrected chi connectivity index (χ2v) is 15.8. The smallest absolute Gasteiger partial charge is 0.235 e. The maximum absolute atomic E-state index is 5.28. The highest BCUT2D eigenvalue weighted by Gasteiger charge is 2.36. The van der Waals surface area contributed by atoms with E-state index < -0.39 is 0 Å². The van der Waals surface area contributed by atoms with Gasteiger partial charge >= 0.3 is 0 Å². The minimum absolute atomic E-state index is 0.0845. The molecule has 0 saturated carbocycles. The van der Waals surface area contributed by atoms with Crippen molar-refractivity contribution in [3.05, 3.63) is 193 Å². The Morgan fingerprint density at radius 1 is 0.386 bits per heavy atom. The van der Waals surface area contributed by atoms with Crippen LogP contribution in [0.5, 0.6) is 0 Å². The molecule has 4 nitrogen and oxygen atoms in total. The lowest BCUT2D eigenvalue weighted by Gasteiger charge is -2.21. The van der Waals surface area contributed by atoms with Crippen molar-refractivity contribution < 1.29 is 0 Å². The molecule has 0 N–H and O–H groups in total. The molecule has 57 heavy (non-hydrogen) atoms. The molecule has 0 atom stereocenters. The van der Waals surface area contributed by atoms with Gasteiger partial charge in [-0.2, -0.15) is 0 Å². The van der Waals surface area contributed by atoms with E-state index in [2.05, 4.69) is 193 Å². The van der Waals surface area contributed by atoms with Gasteiger partial charge in [-0.15, -0.1) is 0 Å². The van der Waals surface area contributed by atoms with Crippen LogP contribution in [0.2, 0.25) is 0 Å². The summed E-state index contributed by atoms with van der Waals surface area (Å²) in [4.78, 5) is 10.5. The molecule has 8 aromatic carbocycles. The molecule has 1 aliphatic rings. The lowest BCUT2D eigenvalue weighted by Crippen LogP contribution is -2.14. The zero-order valence-corrected chi connectivity index (χ0v) is 31.6. The molecule has 0 saturated heterocycles. The fourth-order valence-corrected chi connectivity index (χ4v) is 9.60. The van der Waals surface area contributed by atoms with Crippen molar-refractivity contribution in [3.8, 4) is 45.1 Å². The highest BCUT2D eigenvalue weighted by molar-refractivity contribution is 6.14. The Labute approximate surface area is 329 Å². The van der Waals surface area contributed by atoms with Gasteiger partial charge in [0.1, 0.15) is 0 Å². The topological polar surface area (TPSA) is 35.6 Å². The van der Waals surface area contributed by atoms with Crippen molar-refractivity contribution in [2.24, 2.45) is 0 Å². The van der Waals surface area contributed by atoms with E-state index in [4.69, 9.17) is 9.97 Å². The highest BCUT2D eigenvalue weighted by atomic mass is 15.2. The number of hydrogen-bond acceptors (Lipinski definition) is 2. The number of hydrogen-bond donors (Lipinski definition) is 0. The van der Waals surface area contributed by atoms with Crippen LogP contribution in [-0.2, 0) is 5.41 Å². The molecule has 0 fully saturated rings. The van der Waals surface area contributed by atoms with E-state index in [1.807, 2.05) is 12.1 Å². The highest BCUT2D eigenvalue weighted by Crippen LogP contribution is 2.51. The Hall–Kier alpha value is -7.30. The van der Waals surface area contributed by atoms with E-state index in [9.17, 15) is 0 Å². The molecule has 4 heteroatoms. The quantitative estimate of drug-likeness (QED) is 0.181. The molecular weight excluding hydrogens is 693 g/mol. The number of aromatic nitrogens is 4. The van der Waals surface area contributed by atoms with Crippen LogP contribution >= 0.6 is 0 Å². The van der Waals surface area contributed by atoms with Crippen molar-refractivity contribution in [2.75, 3.05) is 0 Å². The molecule has 0 aliphatic heterocycles. The molecular formula is C53H36N4. The fourth-order valence-electron chi connectivity index (χ4n) is 9.60. The Morgan fingerprint density at radius 3 is 1.77 bits per heavy atom. The Kier molecular flexibility index (Phi) is 6.65. The van der Waals surface area contributed by atoms with Gasteiger partial charge in [-0.05, 0) is 94.0 Å². The van der Waals surface area contributed by atoms with E-state index >= 15 is 0 Å². The maximum atomic E-state index is 5.28. The summed E-state index contributed by atoms with van der Waals surface area (Å²) in [6.07, 6.45) is 0. The van der Waals surface area contributed by atoms with Gasteiger partial charge in [0, 0.05) is 43.6 Å². The summed E-state index contributed by atoms with van der Waals surface area (Å²) >= 11 is 0. The fraction of sp³-hybridized carbons (Fsp3) is 0.0566. The third kappa shape index (κ3) is 4.62. The van der Waals surface area contributed by atoms with E-state index in [1.165, 1.54) is 71.6 Å². The summed E-state index contributed by atoms with van der Waals surface area (Å²) in [6.45, 7) is 4.72. The molecule has 12 rings (SSSR count). The predicted octanol–water partition coefficient (Wildman–Crippen LogP) is 13.5. The first-order chi connectivity index (χ1) is 28.0. The average molecular weight is 729 g/mol. The summed E-state index contributed by atoms with van der Waals surface area (Å²) in [5, 5.41) is 5.90. The van der Waals surface area contributed by atoms with Gasteiger partial charge in [-0.1, -0.05) is 135 Å². The van der Waals surface area contributed by atoms with Crippen LogP contribution in [0.15, 0.2) is 182 Å². The first-order valence-corrected chi connectivity index (χ1v) is 19.7. The number of fused-ring (bicyclic) bond motifs is 10. The summed E-state index contributed by atoms with van der Waals surface area (Å²) < 4.78 is 4.67. The van der Waals surface area contributed by atoms with Crippen molar-refractivity contribution in [3.63, 3.8) is 0 Å². The van der Waals surface area contributed by atoms with Crippen LogP contribution in [0.4, 0.5) is 0 Å². The van der Waals surface area contributed by atoms with Gasteiger partial charge in [0.05, 0.1) is 33.3 Å². The van der Waals surface area contributed by atoms with E-state index in [0.29, 0.717) is 5.95 Å². The van der Waals surface area contributed by atoms with E-state index in [0.717, 1.165) is 33.2 Å². The molecule has 1 aliphatic carbocycles. The van der Waals surface area contributed by atoms with Crippen LogP contribution in [-0.4, -0.2) is 19.1 Å². The van der Waals surface area contributed by atoms with Gasteiger partial charge in [0.2, 0.25) is 5.95 Å². The van der Waals surface area contributed by atoms with Crippen molar-refractivity contribution in [1.82, 2.24) is 19.1 Å². The standard InChI is InChI=1S/C53H36N4/c1-53(2)44-22-12-9-19-37(44)40-31-43-42-30-35(25-27-48(42)56(50(43)32-45(40)53)36-17-7-4-8-18-36)34-26-28-49-41(29-34)38-20-11-14-24-47(38)57(49)52-54-46-23-13-10-21-39(46)51(55-52)33-15-5-3-6-16-33/h3-32H,1-2H3. The Balaban J connectivity index is 1.07. The number of benzene rings is 8. The molecule has 0 spiro atoms. The average Bonchev–Trinajstić information content (AvgIpc) is 3.85. The van der Waals surface area contributed by atoms with Gasteiger partial charge in [0.25, 0.3) is 0 Å². The minimum atomic E-state index is -0.0845. The molecule has 3 aromatic heterocycles. The lowest BCUT2D eigenvalue weighted by molar-refractivity contribution is 0.661. The summed E-state index contributed by atoms with van der Waals surface area (Å²) in [6, 6.07) is 65.8. The second kappa shape index (κ2) is 11.8. The van der Waals surface area contributed by atoms with Gasteiger partial charge in [0.15, 0.2) is 0 Å². The first-order valence-electron chi connectivity index (χ1n) is 19.7. The first kappa shape index (κ1) is 32.0. The zero-order chi connectivity index (χ0) is 37.8. The maximum Gasteiger partial charge on any atom is 0.235 e. The molecule has 0 bridgehead atoms. The Morgan fingerprint density at radius 2 is 0.982 bits per heavy atom. The van der Waals surface area contributed by atoms with Crippen LogP contribution in [0.3, 0.4) is 0 Å². The van der Waals surface area contributed by atoms with Crippen LogP contribution in [0, 0.1) is 0 Å². The minimum Gasteiger partial charge on any atom is -0.309 e. The van der Waals surface area contributed by atoms with Crippen LogP contribution < -0.4 is 0 Å². The molecule has 268 valence electrons. The number of para-hydroxylation sites is 3. The molecule has 0 unspecified atom stereocenters. The van der Waals surface area contributed by atoms with Gasteiger partial charge in [-0.3, -0.25) is 4.57 Å². The monoisotopic (exact) mass is 728 g/mol. The lowest BCUT2D eigenvalue weighted by atomic mass is 9.82. The zero-order valence-electron chi connectivity index (χ0n) is 31.6. The van der Waals surface area contributed by atoms with Gasteiger partial charge in [-0.25, -0.2) is 9.97 Å². The number of rotatable bonds is 4. The SMILES string of the molecule is CC1(C)c2ccccc2-c2cc3c4cc(-c5ccc6c(c5)c5ccccc5n6-c5nc(-c6ccccc6)c6ccccc6n5)ccc4n(-c4ccccc4)c3cc21. The molecule has 11 aromatic rings. The molecule has 3 heterocycles. The van der Waals surface area contributed by atoms with Crippen LogP contribution in [0.25, 0.3) is 99.7 Å². The summed E-state index contributed by atoms with van der Waals surface area (Å²) in [7, 11) is 0. The normalized spacial score (nSPS) is 13.2. The molecule has 0 radical (unpaired) electrons. The van der Waals surface area contributed by atoms with Crippen molar-refractivity contribution in [2.45, 2.75) is 19.3 Å². The Bertz CT molecular complexity index is 3420. The summed E-state index contributed by atoms with van der Waals surface area (Å²) in [5.41, 5.74) is 16.4.